The first-order valence-corrected chi connectivity index (χ1v) is 8.94. The van der Waals surface area contributed by atoms with Crippen molar-refractivity contribution in [2.24, 2.45) is 0 Å². The summed E-state index contributed by atoms with van der Waals surface area (Å²) in [6, 6.07) is 14.4. The van der Waals surface area contributed by atoms with E-state index in [-0.39, 0.29) is 0 Å². The highest BCUT2D eigenvalue weighted by molar-refractivity contribution is 9.11. The van der Waals surface area contributed by atoms with Gasteiger partial charge in [-0.2, -0.15) is 0 Å². The lowest BCUT2D eigenvalue weighted by atomic mass is 9.94. The molecule has 0 radical (unpaired) electrons. The molecule has 2 rings (SSSR count). The van der Waals surface area contributed by atoms with E-state index < -0.39 is 0 Å². The molecule has 0 heterocycles. The summed E-state index contributed by atoms with van der Waals surface area (Å²) in [6.07, 6.45) is 0.917. The Morgan fingerprint density at radius 1 is 1.05 bits per heavy atom. The molecule has 0 N–H and O–H groups in total. The van der Waals surface area contributed by atoms with E-state index in [0.29, 0.717) is 5.92 Å². The van der Waals surface area contributed by atoms with Gasteiger partial charge in [-0.05, 0) is 41.7 Å². The molecule has 0 spiro atoms. The number of hydrogen-bond acceptors (Lipinski definition) is 0. The first-order valence-electron chi connectivity index (χ1n) is 5.86. The Balaban J connectivity index is 2.27. The van der Waals surface area contributed by atoms with Crippen LogP contribution in [-0.2, 0) is 6.42 Å². The summed E-state index contributed by atoms with van der Waals surface area (Å²) in [5.74, 6) is 0.397. The van der Waals surface area contributed by atoms with E-state index in [9.17, 15) is 0 Å². The van der Waals surface area contributed by atoms with Crippen LogP contribution in [0.4, 0.5) is 0 Å². The van der Waals surface area contributed by atoms with Crippen LogP contribution in [0.1, 0.15) is 17.0 Å². The molecule has 0 saturated carbocycles. The van der Waals surface area contributed by atoms with Crippen LogP contribution in [0.15, 0.2) is 51.4 Å². The van der Waals surface area contributed by atoms with Crippen molar-refractivity contribution in [3.05, 3.63) is 67.6 Å². The molecule has 1 atom stereocenters. The number of alkyl halides is 1. The van der Waals surface area contributed by atoms with E-state index in [4.69, 9.17) is 11.6 Å². The predicted molar refractivity (Wildman–Crippen MR) is 93.5 cm³/mol. The van der Waals surface area contributed by atoms with E-state index in [1.807, 2.05) is 18.2 Å². The van der Waals surface area contributed by atoms with Crippen LogP contribution < -0.4 is 0 Å². The summed E-state index contributed by atoms with van der Waals surface area (Å²) in [6.45, 7) is 0. The third-order valence-electron chi connectivity index (χ3n) is 3.01. The molecule has 0 nitrogen and oxygen atoms in total. The van der Waals surface area contributed by atoms with Crippen LogP contribution in [0, 0.1) is 0 Å². The van der Waals surface area contributed by atoms with Gasteiger partial charge in [0.05, 0.1) is 0 Å². The summed E-state index contributed by atoms with van der Waals surface area (Å²) in [7, 11) is 0. The largest absolute Gasteiger partial charge is 0.0921 e. The Kier molecular flexibility index (Phi) is 5.94. The molecule has 0 aliphatic heterocycles. The fourth-order valence-electron chi connectivity index (χ4n) is 2.01. The molecule has 0 aliphatic rings. The third-order valence-corrected chi connectivity index (χ3v) is 5.36. The van der Waals surface area contributed by atoms with Crippen LogP contribution in [-0.4, -0.2) is 5.33 Å². The lowest BCUT2D eigenvalue weighted by Gasteiger charge is -2.17. The molecule has 0 amide bonds. The van der Waals surface area contributed by atoms with Gasteiger partial charge in [0.25, 0.3) is 0 Å². The summed E-state index contributed by atoms with van der Waals surface area (Å²) >= 11 is 17.0. The standard InChI is InChI=1S/C15H12Br3Cl/c16-9-11(13-3-1-2-4-14(13)18)7-10-5-6-12(17)8-15(10)19/h1-6,8,11H,7,9H2. The van der Waals surface area contributed by atoms with Gasteiger partial charge < -0.3 is 0 Å². The normalized spacial score (nSPS) is 12.4. The molecule has 0 saturated heterocycles. The molecule has 19 heavy (non-hydrogen) atoms. The van der Waals surface area contributed by atoms with Crippen molar-refractivity contribution in [3.8, 4) is 0 Å². The van der Waals surface area contributed by atoms with E-state index in [1.165, 1.54) is 11.1 Å². The zero-order valence-electron chi connectivity index (χ0n) is 10.0. The fraction of sp³-hybridized carbons (Fsp3) is 0.200. The number of hydrogen-bond donors (Lipinski definition) is 0. The second-order valence-corrected chi connectivity index (χ2v) is 7.14. The SMILES string of the molecule is Clc1cc(Br)ccc1CC(CBr)c1ccccc1Br. The van der Waals surface area contributed by atoms with Crippen LogP contribution in [0.3, 0.4) is 0 Å². The molecule has 4 heteroatoms. The van der Waals surface area contributed by atoms with Crippen LogP contribution in [0.2, 0.25) is 5.02 Å². The second-order valence-electron chi connectivity index (χ2n) is 4.31. The highest BCUT2D eigenvalue weighted by atomic mass is 79.9. The zero-order valence-corrected chi connectivity index (χ0v) is 15.6. The quantitative estimate of drug-likeness (QED) is 0.446. The van der Waals surface area contributed by atoms with E-state index in [0.717, 1.165) is 25.7 Å². The molecule has 2 aromatic rings. The average molecular weight is 467 g/mol. The summed E-state index contributed by atoms with van der Waals surface area (Å²) < 4.78 is 2.16. The van der Waals surface area contributed by atoms with Gasteiger partial charge in [-0.1, -0.05) is 83.7 Å². The van der Waals surface area contributed by atoms with Crippen molar-refractivity contribution >= 4 is 59.4 Å². The van der Waals surface area contributed by atoms with Crippen molar-refractivity contribution in [1.29, 1.82) is 0 Å². The van der Waals surface area contributed by atoms with Gasteiger partial charge in [0.15, 0.2) is 0 Å². The molecule has 0 aliphatic carbocycles. The highest BCUT2D eigenvalue weighted by Crippen LogP contribution is 2.32. The van der Waals surface area contributed by atoms with Crippen molar-refractivity contribution in [3.63, 3.8) is 0 Å². The van der Waals surface area contributed by atoms with Crippen LogP contribution in [0.5, 0.6) is 0 Å². The first-order chi connectivity index (χ1) is 9.11. The maximum Gasteiger partial charge on any atom is 0.0449 e. The predicted octanol–water partition coefficient (Wildman–Crippen LogP) is 6.59. The number of benzene rings is 2. The number of halogens is 4. The van der Waals surface area contributed by atoms with E-state index in [2.05, 4.69) is 72.1 Å². The Bertz CT molecular complexity index is 569. The summed E-state index contributed by atoms with van der Waals surface area (Å²) in [5, 5.41) is 1.72. The smallest absolute Gasteiger partial charge is 0.0449 e. The Morgan fingerprint density at radius 3 is 2.42 bits per heavy atom. The fourth-order valence-corrected chi connectivity index (χ4v) is 3.94. The lowest BCUT2D eigenvalue weighted by Crippen LogP contribution is -2.05. The van der Waals surface area contributed by atoms with Gasteiger partial charge in [-0.15, -0.1) is 0 Å². The minimum atomic E-state index is 0.397. The summed E-state index contributed by atoms with van der Waals surface area (Å²) in [5.41, 5.74) is 2.48. The van der Waals surface area contributed by atoms with Crippen molar-refractivity contribution in [1.82, 2.24) is 0 Å². The number of rotatable bonds is 4. The second kappa shape index (κ2) is 7.26. The molecule has 0 bridgehead atoms. The molecule has 0 fully saturated rings. The molecule has 0 aromatic heterocycles. The Hall–Kier alpha value is 0.170. The topological polar surface area (TPSA) is 0 Å². The maximum atomic E-state index is 6.30. The van der Waals surface area contributed by atoms with Crippen LogP contribution >= 0.6 is 59.4 Å². The van der Waals surface area contributed by atoms with E-state index >= 15 is 0 Å². The van der Waals surface area contributed by atoms with Gasteiger partial charge >= 0.3 is 0 Å². The van der Waals surface area contributed by atoms with Crippen molar-refractivity contribution < 1.29 is 0 Å². The van der Waals surface area contributed by atoms with E-state index in [1.54, 1.807) is 0 Å². The van der Waals surface area contributed by atoms with Crippen LogP contribution in [0.25, 0.3) is 0 Å². The van der Waals surface area contributed by atoms with Crippen molar-refractivity contribution in [2.75, 3.05) is 5.33 Å². The minimum Gasteiger partial charge on any atom is -0.0921 e. The van der Waals surface area contributed by atoms with Gasteiger partial charge in [-0.25, -0.2) is 0 Å². The van der Waals surface area contributed by atoms with Crippen molar-refractivity contribution in [2.45, 2.75) is 12.3 Å². The lowest BCUT2D eigenvalue weighted by molar-refractivity contribution is 0.771. The van der Waals surface area contributed by atoms with Gasteiger partial charge in [0, 0.05) is 19.3 Å². The summed E-state index contributed by atoms with van der Waals surface area (Å²) in [4.78, 5) is 0. The Morgan fingerprint density at radius 2 is 1.79 bits per heavy atom. The first kappa shape index (κ1) is 15.6. The maximum absolute atomic E-state index is 6.30. The average Bonchev–Trinajstić information content (AvgIpc) is 2.39. The minimum absolute atomic E-state index is 0.397. The van der Waals surface area contributed by atoms with Gasteiger partial charge in [0.2, 0.25) is 0 Å². The molecular weight excluding hydrogens is 455 g/mol. The molecule has 1 unspecified atom stereocenters. The third kappa shape index (κ3) is 4.07. The molecule has 2 aromatic carbocycles. The van der Waals surface area contributed by atoms with Gasteiger partial charge in [-0.3, -0.25) is 0 Å². The molecule has 100 valence electrons. The Labute approximate surface area is 143 Å². The molecular formula is C15H12Br3Cl. The highest BCUT2D eigenvalue weighted by Gasteiger charge is 2.15. The monoisotopic (exact) mass is 464 g/mol. The zero-order chi connectivity index (χ0) is 13.8. The van der Waals surface area contributed by atoms with Gasteiger partial charge in [0.1, 0.15) is 0 Å².